The van der Waals surface area contributed by atoms with E-state index in [1.54, 1.807) is 32.4 Å². The molecule has 1 aromatic heterocycles. The maximum Gasteiger partial charge on any atom is 0.254 e. The molecule has 2 aliphatic heterocycles. The van der Waals surface area contributed by atoms with Crippen LogP contribution in [0.2, 0.25) is 5.02 Å². The number of hydrogen-bond acceptors (Lipinski definition) is 4. The second-order valence-corrected chi connectivity index (χ2v) is 8.46. The molecule has 0 atom stereocenters. The summed E-state index contributed by atoms with van der Waals surface area (Å²) in [5.41, 5.74) is 3.68. The number of benzene rings is 2. The second-order valence-electron chi connectivity index (χ2n) is 8.03. The Morgan fingerprint density at radius 2 is 1.74 bits per heavy atom. The molecule has 1 saturated heterocycles. The highest BCUT2D eigenvalue weighted by molar-refractivity contribution is 6.30. The smallest absolute Gasteiger partial charge is 0.254 e. The molecule has 0 aliphatic carbocycles. The molecule has 5 rings (SSSR count). The van der Waals surface area contributed by atoms with E-state index < -0.39 is 0 Å². The third-order valence-electron chi connectivity index (χ3n) is 6.33. The lowest BCUT2D eigenvalue weighted by atomic mass is 9.82. The summed E-state index contributed by atoms with van der Waals surface area (Å²) in [6.07, 6.45) is 3.70. The molecule has 0 unspecified atom stereocenters. The first-order chi connectivity index (χ1) is 15.0. The number of nitrogens with zero attached hydrogens (tertiary/aromatic N) is 2. The van der Waals surface area contributed by atoms with Crippen molar-refractivity contribution in [3.05, 3.63) is 71.0 Å². The summed E-state index contributed by atoms with van der Waals surface area (Å²) in [4.78, 5) is 15.1. The number of aromatic nitrogens is 1. The van der Waals surface area contributed by atoms with Gasteiger partial charge in [-0.25, -0.2) is 0 Å². The average molecular weight is 438 g/mol. The van der Waals surface area contributed by atoms with E-state index in [9.17, 15) is 4.79 Å². The van der Waals surface area contributed by atoms with Crippen LogP contribution in [0.3, 0.4) is 0 Å². The molecular formula is C24H24ClN3O3. The van der Waals surface area contributed by atoms with Crippen molar-refractivity contribution in [1.29, 1.82) is 0 Å². The normalized spacial score (nSPS) is 16.3. The van der Waals surface area contributed by atoms with Crippen LogP contribution in [0.15, 0.2) is 54.7 Å². The first-order valence-corrected chi connectivity index (χ1v) is 10.7. The summed E-state index contributed by atoms with van der Waals surface area (Å²) in [6, 6.07) is 15.4. The Bertz CT molecular complexity index is 1130. The van der Waals surface area contributed by atoms with Gasteiger partial charge in [0.25, 0.3) is 5.91 Å². The Kier molecular flexibility index (Phi) is 4.82. The Hall–Kier alpha value is -3.12. The van der Waals surface area contributed by atoms with Crippen molar-refractivity contribution < 1.29 is 14.3 Å². The van der Waals surface area contributed by atoms with Gasteiger partial charge < -0.3 is 24.3 Å². The number of fused-ring (bicyclic) bond motifs is 4. The van der Waals surface area contributed by atoms with Gasteiger partial charge in [0, 0.05) is 41.6 Å². The molecule has 1 amide bonds. The van der Waals surface area contributed by atoms with Crippen LogP contribution < -0.4 is 14.8 Å². The largest absolute Gasteiger partial charge is 0.497 e. The lowest BCUT2D eigenvalue weighted by Gasteiger charge is -2.46. The molecule has 1 N–H and O–H groups in total. The van der Waals surface area contributed by atoms with Crippen molar-refractivity contribution in [1.82, 2.24) is 9.47 Å². The predicted molar refractivity (Wildman–Crippen MR) is 121 cm³/mol. The number of anilines is 1. The Labute approximate surface area is 186 Å². The van der Waals surface area contributed by atoms with Crippen LogP contribution in [0.25, 0.3) is 5.69 Å². The van der Waals surface area contributed by atoms with Crippen molar-refractivity contribution in [3.63, 3.8) is 0 Å². The summed E-state index contributed by atoms with van der Waals surface area (Å²) in [7, 11) is 3.17. The molecule has 0 radical (unpaired) electrons. The number of nitrogens with one attached hydrogen (secondary N) is 1. The van der Waals surface area contributed by atoms with Crippen molar-refractivity contribution in [2.45, 2.75) is 18.4 Å². The van der Waals surface area contributed by atoms with Gasteiger partial charge in [0.2, 0.25) is 0 Å². The number of halogens is 1. The highest BCUT2D eigenvalue weighted by atomic mass is 35.5. The molecule has 1 fully saturated rings. The number of rotatable bonds is 3. The van der Waals surface area contributed by atoms with Crippen molar-refractivity contribution in [2.75, 3.05) is 32.6 Å². The van der Waals surface area contributed by atoms with E-state index in [4.69, 9.17) is 21.1 Å². The summed E-state index contributed by atoms with van der Waals surface area (Å²) in [6.45, 7) is 1.30. The molecule has 2 aromatic carbocycles. The highest BCUT2D eigenvalue weighted by Gasteiger charge is 2.42. The van der Waals surface area contributed by atoms with Crippen molar-refractivity contribution in [3.8, 4) is 17.2 Å². The predicted octanol–water partition coefficient (Wildman–Crippen LogP) is 4.70. The van der Waals surface area contributed by atoms with Crippen LogP contribution in [0.1, 0.15) is 28.9 Å². The number of piperidine rings is 1. The maximum absolute atomic E-state index is 13.2. The summed E-state index contributed by atoms with van der Waals surface area (Å²) < 4.78 is 12.9. The standard InChI is InChI=1S/C24H24ClN3O3/c1-30-18-12-16(13-19(15-18)31-2)23(29)27-10-7-24(8-11-27)22-4-3-9-28(22)21-14-17(25)5-6-20(21)26-24/h3-6,9,12-15,26H,7-8,10-11H2,1-2H3. The zero-order chi connectivity index (χ0) is 21.6. The second kappa shape index (κ2) is 7.54. The van der Waals surface area contributed by atoms with Crippen LogP contribution in [-0.2, 0) is 5.54 Å². The molecule has 7 heteroatoms. The fraction of sp³-hybridized carbons (Fsp3) is 0.292. The Balaban J connectivity index is 1.40. The molecule has 0 bridgehead atoms. The lowest BCUT2D eigenvalue weighted by Crippen LogP contribution is -2.51. The molecule has 6 nitrogen and oxygen atoms in total. The maximum atomic E-state index is 13.2. The van der Waals surface area contributed by atoms with E-state index >= 15 is 0 Å². The Morgan fingerprint density at radius 3 is 2.42 bits per heavy atom. The van der Waals surface area contributed by atoms with Gasteiger partial charge in [-0.15, -0.1) is 0 Å². The number of ether oxygens (including phenoxy) is 2. The van der Waals surface area contributed by atoms with E-state index in [0.29, 0.717) is 35.2 Å². The molecule has 160 valence electrons. The van der Waals surface area contributed by atoms with Crippen LogP contribution >= 0.6 is 11.6 Å². The zero-order valence-corrected chi connectivity index (χ0v) is 18.3. The Morgan fingerprint density at radius 1 is 1.03 bits per heavy atom. The number of carbonyl (C=O) groups excluding carboxylic acids is 1. The third kappa shape index (κ3) is 3.31. The molecule has 31 heavy (non-hydrogen) atoms. The van der Waals surface area contributed by atoms with E-state index in [1.165, 1.54) is 5.69 Å². The van der Waals surface area contributed by atoms with Crippen LogP contribution in [0, 0.1) is 0 Å². The van der Waals surface area contributed by atoms with Gasteiger partial charge in [-0.05, 0) is 55.3 Å². The van der Waals surface area contributed by atoms with Gasteiger partial charge in [-0.1, -0.05) is 11.6 Å². The van der Waals surface area contributed by atoms with E-state index in [2.05, 4.69) is 28.2 Å². The van der Waals surface area contributed by atoms with Crippen molar-refractivity contribution >= 4 is 23.2 Å². The van der Waals surface area contributed by atoms with Gasteiger partial charge in [-0.3, -0.25) is 4.79 Å². The molecule has 3 heterocycles. The van der Waals surface area contributed by atoms with Crippen LogP contribution in [0.5, 0.6) is 11.5 Å². The molecule has 3 aromatic rings. The van der Waals surface area contributed by atoms with E-state index in [1.807, 2.05) is 23.1 Å². The van der Waals surface area contributed by atoms with Crippen LogP contribution in [0.4, 0.5) is 5.69 Å². The number of methoxy groups -OCH3 is 2. The quantitative estimate of drug-likeness (QED) is 0.645. The SMILES string of the molecule is COc1cc(OC)cc(C(=O)N2CCC3(CC2)Nc2ccc(Cl)cc2-n2cccc23)c1. The first kappa shape index (κ1) is 19.8. The topological polar surface area (TPSA) is 55.7 Å². The van der Waals surface area contributed by atoms with E-state index in [0.717, 1.165) is 24.2 Å². The number of hydrogen-bond donors (Lipinski definition) is 1. The molecule has 0 saturated carbocycles. The van der Waals surface area contributed by atoms with Gasteiger partial charge >= 0.3 is 0 Å². The minimum atomic E-state index is -0.215. The monoisotopic (exact) mass is 437 g/mol. The molecule has 1 spiro atoms. The third-order valence-corrected chi connectivity index (χ3v) is 6.57. The van der Waals surface area contributed by atoms with Gasteiger partial charge in [-0.2, -0.15) is 0 Å². The molecule has 2 aliphatic rings. The minimum absolute atomic E-state index is 0.00887. The van der Waals surface area contributed by atoms with Gasteiger partial charge in [0.15, 0.2) is 0 Å². The zero-order valence-electron chi connectivity index (χ0n) is 17.5. The number of likely N-dealkylation sites (tertiary alicyclic amines) is 1. The fourth-order valence-corrected chi connectivity index (χ4v) is 4.87. The minimum Gasteiger partial charge on any atom is -0.497 e. The summed E-state index contributed by atoms with van der Waals surface area (Å²) in [5, 5.41) is 4.47. The lowest BCUT2D eigenvalue weighted by molar-refractivity contribution is 0.0675. The fourth-order valence-electron chi connectivity index (χ4n) is 4.70. The van der Waals surface area contributed by atoms with Crippen LogP contribution in [-0.4, -0.2) is 42.7 Å². The highest BCUT2D eigenvalue weighted by Crippen LogP contribution is 2.44. The summed E-state index contributed by atoms with van der Waals surface area (Å²) >= 11 is 6.24. The van der Waals surface area contributed by atoms with Gasteiger partial charge in [0.05, 0.1) is 31.1 Å². The molecular weight excluding hydrogens is 414 g/mol. The number of carbonyl (C=O) groups is 1. The summed E-state index contributed by atoms with van der Waals surface area (Å²) in [5.74, 6) is 1.21. The average Bonchev–Trinajstić information content (AvgIpc) is 3.31. The van der Waals surface area contributed by atoms with Crippen molar-refractivity contribution in [2.24, 2.45) is 0 Å². The first-order valence-electron chi connectivity index (χ1n) is 10.3. The van der Waals surface area contributed by atoms with E-state index in [-0.39, 0.29) is 11.4 Å². The van der Waals surface area contributed by atoms with Gasteiger partial charge in [0.1, 0.15) is 11.5 Å². The number of amides is 1.